The predicted molar refractivity (Wildman–Crippen MR) is 66.0 cm³/mol. The van der Waals surface area contributed by atoms with E-state index in [1.807, 2.05) is 31.2 Å². The molecule has 16 heavy (non-hydrogen) atoms. The summed E-state index contributed by atoms with van der Waals surface area (Å²) in [6.45, 7) is 3.67. The fourth-order valence-corrected chi connectivity index (χ4v) is 2.62. The summed E-state index contributed by atoms with van der Waals surface area (Å²) in [6, 6.07) is 7.94. The highest BCUT2D eigenvalue weighted by Gasteiger charge is 2.16. The highest BCUT2D eigenvalue weighted by atomic mass is 32.2. The number of aryl methyl sites for hydroxylation is 1. The second-order valence-corrected chi connectivity index (χ2v) is 5.07. The van der Waals surface area contributed by atoms with Crippen molar-refractivity contribution in [3.05, 3.63) is 30.0 Å². The van der Waals surface area contributed by atoms with Gasteiger partial charge in [0, 0.05) is 21.5 Å². The van der Waals surface area contributed by atoms with E-state index >= 15 is 0 Å². The number of para-hydroxylation sites is 1. The minimum absolute atomic E-state index is 0.432. The third kappa shape index (κ3) is 1.93. The summed E-state index contributed by atoms with van der Waals surface area (Å²) in [5.41, 5.74) is 2.08. The number of H-pyrrole nitrogens is 1. The van der Waals surface area contributed by atoms with Crippen LogP contribution in [-0.4, -0.2) is 21.3 Å². The average Bonchev–Trinajstić information content (AvgIpc) is 2.55. The number of nitrogens with one attached hydrogen (secondary N) is 1. The van der Waals surface area contributed by atoms with Gasteiger partial charge in [-0.2, -0.15) is 0 Å². The molecule has 1 aromatic carbocycles. The number of aliphatic carboxylic acids is 1. The van der Waals surface area contributed by atoms with Crippen LogP contribution in [0.2, 0.25) is 0 Å². The van der Waals surface area contributed by atoms with Gasteiger partial charge in [-0.05, 0) is 19.9 Å². The molecule has 3 nitrogen and oxygen atoms in total. The smallest absolute Gasteiger partial charge is 0.316 e. The Hall–Kier alpha value is -1.42. The van der Waals surface area contributed by atoms with Crippen LogP contribution >= 0.6 is 11.8 Å². The van der Waals surface area contributed by atoms with Gasteiger partial charge in [0.1, 0.15) is 5.25 Å². The van der Waals surface area contributed by atoms with Crippen LogP contribution in [0.15, 0.2) is 29.2 Å². The van der Waals surface area contributed by atoms with Crippen LogP contribution in [0.5, 0.6) is 0 Å². The summed E-state index contributed by atoms with van der Waals surface area (Å²) >= 11 is 1.38. The number of benzene rings is 1. The number of carbonyl (C=O) groups is 1. The third-order valence-corrected chi connectivity index (χ3v) is 3.79. The van der Waals surface area contributed by atoms with Crippen molar-refractivity contribution in [3.8, 4) is 0 Å². The molecule has 0 fully saturated rings. The highest BCUT2D eigenvalue weighted by Crippen LogP contribution is 2.33. The number of aromatic nitrogens is 1. The van der Waals surface area contributed by atoms with Crippen LogP contribution in [0.1, 0.15) is 12.6 Å². The Morgan fingerprint density at radius 1 is 1.44 bits per heavy atom. The van der Waals surface area contributed by atoms with Crippen LogP contribution in [-0.2, 0) is 4.79 Å². The molecule has 0 aliphatic rings. The molecule has 1 aromatic heterocycles. The lowest BCUT2D eigenvalue weighted by Crippen LogP contribution is -2.11. The third-order valence-electron chi connectivity index (χ3n) is 2.48. The first kappa shape index (κ1) is 11.1. The Labute approximate surface area is 97.9 Å². The van der Waals surface area contributed by atoms with Crippen molar-refractivity contribution in [1.29, 1.82) is 0 Å². The number of fused-ring (bicyclic) bond motifs is 1. The topological polar surface area (TPSA) is 53.1 Å². The molecule has 0 spiro atoms. The summed E-state index contributed by atoms with van der Waals surface area (Å²) in [5, 5.41) is 9.58. The maximum atomic E-state index is 10.8. The number of carboxylic acids is 1. The zero-order valence-corrected chi connectivity index (χ0v) is 9.97. The quantitative estimate of drug-likeness (QED) is 0.804. The van der Waals surface area contributed by atoms with E-state index in [4.69, 9.17) is 5.11 Å². The first-order valence-corrected chi connectivity index (χ1v) is 5.94. The van der Waals surface area contributed by atoms with E-state index in [1.165, 1.54) is 11.8 Å². The zero-order valence-electron chi connectivity index (χ0n) is 9.15. The zero-order chi connectivity index (χ0) is 11.7. The van der Waals surface area contributed by atoms with E-state index in [0.29, 0.717) is 0 Å². The van der Waals surface area contributed by atoms with Crippen LogP contribution in [0.3, 0.4) is 0 Å². The van der Waals surface area contributed by atoms with E-state index in [9.17, 15) is 4.79 Å². The molecule has 0 saturated heterocycles. The van der Waals surface area contributed by atoms with Crippen molar-refractivity contribution < 1.29 is 9.90 Å². The Bertz CT molecular complexity index is 533. The number of thioether (sulfide) groups is 1. The lowest BCUT2D eigenvalue weighted by Gasteiger charge is -2.05. The summed E-state index contributed by atoms with van der Waals surface area (Å²) in [7, 11) is 0. The molecule has 0 saturated carbocycles. The summed E-state index contributed by atoms with van der Waals surface area (Å²) < 4.78 is 0. The number of rotatable bonds is 3. The van der Waals surface area contributed by atoms with Crippen LogP contribution < -0.4 is 0 Å². The summed E-state index contributed by atoms with van der Waals surface area (Å²) in [4.78, 5) is 15.1. The van der Waals surface area contributed by atoms with Gasteiger partial charge in [-0.3, -0.25) is 4.79 Å². The SMILES string of the molecule is Cc1[nH]c2ccccc2c1SC(C)C(=O)O. The van der Waals surface area contributed by atoms with Crippen LogP contribution in [0.4, 0.5) is 0 Å². The lowest BCUT2D eigenvalue weighted by atomic mass is 10.2. The summed E-state index contributed by atoms with van der Waals surface area (Å²) in [5.74, 6) is -0.783. The van der Waals surface area contributed by atoms with Crippen molar-refractivity contribution in [1.82, 2.24) is 4.98 Å². The van der Waals surface area contributed by atoms with Gasteiger partial charge in [0.05, 0.1) is 0 Å². The van der Waals surface area contributed by atoms with E-state index in [2.05, 4.69) is 4.98 Å². The van der Waals surface area contributed by atoms with E-state index in [0.717, 1.165) is 21.5 Å². The van der Waals surface area contributed by atoms with Crippen molar-refractivity contribution >= 4 is 28.6 Å². The van der Waals surface area contributed by atoms with Crippen molar-refractivity contribution in [2.24, 2.45) is 0 Å². The largest absolute Gasteiger partial charge is 0.480 e. The normalized spacial score (nSPS) is 12.9. The molecular weight excluding hydrogens is 222 g/mol. The van der Waals surface area contributed by atoms with Gasteiger partial charge in [0.2, 0.25) is 0 Å². The Morgan fingerprint density at radius 2 is 2.12 bits per heavy atom. The fourth-order valence-electron chi connectivity index (χ4n) is 1.63. The molecule has 0 aliphatic heterocycles. The standard InChI is InChI=1S/C12H13NO2S/c1-7-11(16-8(2)12(14)15)9-5-3-4-6-10(9)13-7/h3-6,8,13H,1-2H3,(H,14,15). The first-order valence-electron chi connectivity index (χ1n) is 5.06. The minimum atomic E-state index is -0.783. The molecule has 2 aromatic rings. The Kier molecular flexibility index (Phi) is 2.92. The number of aromatic amines is 1. The molecule has 1 heterocycles. The number of hydrogen-bond acceptors (Lipinski definition) is 2. The molecule has 2 N–H and O–H groups in total. The lowest BCUT2D eigenvalue weighted by molar-refractivity contribution is -0.136. The van der Waals surface area contributed by atoms with Crippen molar-refractivity contribution in [2.45, 2.75) is 24.0 Å². The molecule has 0 aliphatic carbocycles. The van der Waals surface area contributed by atoms with Crippen LogP contribution in [0, 0.1) is 6.92 Å². The van der Waals surface area contributed by atoms with Crippen LogP contribution in [0.25, 0.3) is 10.9 Å². The van der Waals surface area contributed by atoms with E-state index in [-0.39, 0.29) is 0 Å². The van der Waals surface area contributed by atoms with Crippen molar-refractivity contribution in [2.75, 3.05) is 0 Å². The van der Waals surface area contributed by atoms with Gasteiger partial charge in [-0.15, -0.1) is 11.8 Å². The Morgan fingerprint density at radius 3 is 2.81 bits per heavy atom. The second kappa shape index (κ2) is 4.22. The monoisotopic (exact) mass is 235 g/mol. The molecule has 2 rings (SSSR count). The molecule has 0 radical (unpaired) electrons. The number of hydrogen-bond donors (Lipinski definition) is 2. The molecule has 4 heteroatoms. The molecule has 0 bridgehead atoms. The fraction of sp³-hybridized carbons (Fsp3) is 0.250. The van der Waals surface area contributed by atoms with Gasteiger partial charge in [0.25, 0.3) is 0 Å². The molecule has 84 valence electrons. The van der Waals surface area contributed by atoms with Gasteiger partial charge in [0.15, 0.2) is 0 Å². The predicted octanol–water partition coefficient (Wildman–Crippen LogP) is 3.04. The van der Waals surface area contributed by atoms with E-state index in [1.54, 1.807) is 6.92 Å². The van der Waals surface area contributed by atoms with Gasteiger partial charge >= 0.3 is 5.97 Å². The average molecular weight is 235 g/mol. The molecule has 1 atom stereocenters. The summed E-state index contributed by atoms with van der Waals surface area (Å²) in [6.07, 6.45) is 0. The molecule has 0 amide bonds. The highest BCUT2D eigenvalue weighted by molar-refractivity contribution is 8.00. The maximum Gasteiger partial charge on any atom is 0.316 e. The van der Waals surface area contributed by atoms with E-state index < -0.39 is 11.2 Å². The molecular formula is C12H13NO2S. The second-order valence-electron chi connectivity index (χ2n) is 3.72. The van der Waals surface area contributed by atoms with Gasteiger partial charge < -0.3 is 10.1 Å². The number of carboxylic acid groups (broad SMARTS) is 1. The Balaban J connectivity index is 2.43. The molecule has 1 unspecified atom stereocenters. The minimum Gasteiger partial charge on any atom is -0.480 e. The van der Waals surface area contributed by atoms with Gasteiger partial charge in [-0.25, -0.2) is 0 Å². The maximum absolute atomic E-state index is 10.8. The van der Waals surface area contributed by atoms with Crippen molar-refractivity contribution in [3.63, 3.8) is 0 Å². The first-order chi connectivity index (χ1) is 7.59. The van der Waals surface area contributed by atoms with Gasteiger partial charge in [-0.1, -0.05) is 18.2 Å².